The molecule has 1 aliphatic rings. The minimum absolute atomic E-state index is 0.547. The lowest BCUT2D eigenvalue weighted by molar-refractivity contribution is 0.401. The molecule has 0 saturated heterocycles. The fourth-order valence-electron chi connectivity index (χ4n) is 2.07. The minimum Gasteiger partial charge on any atom is -0.130 e. The molecule has 0 amide bonds. The molecule has 0 aliphatic carbocycles. The van der Waals surface area contributed by atoms with Gasteiger partial charge in [0.2, 0.25) is 5.66 Å². The van der Waals surface area contributed by atoms with Gasteiger partial charge in [-0.05, 0) is 16.9 Å². The van der Waals surface area contributed by atoms with Crippen molar-refractivity contribution in [3.63, 3.8) is 0 Å². The van der Waals surface area contributed by atoms with Crippen LogP contribution in [0.25, 0.3) is 0 Å². The maximum absolute atomic E-state index is 4.23. The summed E-state index contributed by atoms with van der Waals surface area (Å²) in [4.78, 5) is 0. The molecule has 4 heteroatoms. The largest absolute Gasteiger partial charge is 0.220 e. The highest BCUT2D eigenvalue weighted by molar-refractivity contribution is 5.24. The van der Waals surface area contributed by atoms with Crippen LogP contribution in [0.15, 0.2) is 51.0 Å². The fourth-order valence-corrected chi connectivity index (χ4v) is 2.07. The molecule has 0 spiro atoms. The van der Waals surface area contributed by atoms with Crippen LogP contribution < -0.4 is 0 Å². The average Bonchev–Trinajstić information content (AvgIpc) is 2.86. The van der Waals surface area contributed by atoms with Crippen LogP contribution in [0.2, 0.25) is 0 Å². The van der Waals surface area contributed by atoms with Crippen LogP contribution in [0.1, 0.15) is 44.6 Å². The Kier molecular flexibility index (Phi) is 3.96. The SMILES string of the molecule is CCCCCCC1(c2ccccc2)N=NN=N1. The molecule has 0 unspecified atom stereocenters. The molecule has 0 aromatic heterocycles. The summed E-state index contributed by atoms with van der Waals surface area (Å²) >= 11 is 0. The summed E-state index contributed by atoms with van der Waals surface area (Å²) in [5.41, 5.74) is 0.538. The van der Waals surface area contributed by atoms with E-state index in [1.165, 1.54) is 19.3 Å². The second kappa shape index (κ2) is 5.66. The van der Waals surface area contributed by atoms with E-state index >= 15 is 0 Å². The third-order valence-corrected chi connectivity index (χ3v) is 3.08. The van der Waals surface area contributed by atoms with Crippen molar-refractivity contribution in [2.45, 2.75) is 44.7 Å². The van der Waals surface area contributed by atoms with Crippen molar-refractivity contribution in [3.05, 3.63) is 35.9 Å². The van der Waals surface area contributed by atoms with Crippen molar-refractivity contribution in [3.8, 4) is 0 Å². The van der Waals surface area contributed by atoms with Crippen LogP contribution in [-0.4, -0.2) is 0 Å². The summed E-state index contributed by atoms with van der Waals surface area (Å²) in [6.45, 7) is 2.21. The van der Waals surface area contributed by atoms with E-state index in [4.69, 9.17) is 0 Å². The lowest BCUT2D eigenvalue weighted by atomic mass is 9.94. The second-order valence-electron chi connectivity index (χ2n) is 4.37. The summed E-state index contributed by atoms with van der Waals surface area (Å²) < 4.78 is 0. The van der Waals surface area contributed by atoms with Gasteiger partial charge < -0.3 is 0 Å². The summed E-state index contributed by atoms with van der Waals surface area (Å²) in [6, 6.07) is 10.1. The Hall–Kier alpha value is -1.58. The zero-order valence-electron chi connectivity index (χ0n) is 10.2. The smallest absolute Gasteiger partial charge is 0.130 e. The van der Waals surface area contributed by atoms with E-state index in [-0.39, 0.29) is 0 Å². The lowest BCUT2D eigenvalue weighted by Crippen LogP contribution is -2.18. The Morgan fingerprint density at radius 3 is 2.29 bits per heavy atom. The summed E-state index contributed by atoms with van der Waals surface area (Å²) in [6.07, 6.45) is 5.72. The van der Waals surface area contributed by atoms with E-state index in [1.807, 2.05) is 30.3 Å². The van der Waals surface area contributed by atoms with Gasteiger partial charge in [0.05, 0.1) is 0 Å². The van der Waals surface area contributed by atoms with Gasteiger partial charge >= 0.3 is 0 Å². The first kappa shape index (κ1) is 11.9. The standard InChI is InChI=1S/C13H18N4/c1-2-3-4-8-11-13(14-16-17-15-13)12-9-6-5-7-10-12/h5-7,9-10H,2-4,8,11H2,1H3. The van der Waals surface area contributed by atoms with Crippen LogP contribution in [-0.2, 0) is 5.66 Å². The van der Waals surface area contributed by atoms with E-state index in [0.29, 0.717) is 0 Å². The fraction of sp³-hybridized carbons (Fsp3) is 0.538. The van der Waals surface area contributed by atoms with Gasteiger partial charge in [-0.3, -0.25) is 0 Å². The normalized spacial score (nSPS) is 16.5. The van der Waals surface area contributed by atoms with Gasteiger partial charge in [-0.1, -0.05) is 56.5 Å². The molecule has 2 rings (SSSR count). The van der Waals surface area contributed by atoms with E-state index in [1.54, 1.807) is 0 Å². The van der Waals surface area contributed by atoms with Crippen LogP contribution in [0.5, 0.6) is 0 Å². The number of hydrogen-bond donors (Lipinski definition) is 0. The summed E-state index contributed by atoms with van der Waals surface area (Å²) in [5, 5.41) is 15.8. The number of nitrogens with zero attached hydrogens (tertiary/aromatic N) is 4. The third kappa shape index (κ3) is 2.75. The molecular weight excluding hydrogens is 212 g/mol. The molecule has 0 radical (unpaired) electrons. The van der Waals surface area contributed by atoms with Gasteiger partial charge in [-0.15, -0.1) is 10.2 Å². The van der Waals surface area contributed by atoms with Crippen molar-refractivity contribution < 1.29 is 0 Å². The van der Waals surface area contributed by atoms with Gasteiger partial charge in [0.1, 0.15) is 0 Å². The van der Waals surface area contributed by atoms with E-state index in [2.05, 4.69) is 27.6 Å². The molecule has 1 heterocycles. The average molecular weight is 230 g/mol. The van der Waals surface area contributed by atoms with Crippen molar-refractivity contribution >= 4 is 0 Å². The zero-order chi connectivity index (χ0) is 12.0. The van der Waals surface area contributed by atoms with Crippen molar-refractivity contribution in [2.75, 3.05) is 0 Å². The first-order valence-electron chi connectivity index (χ1n) is 6.27. The predicted octanol–water partition coefficient (Wildman–Crippen LogP) is 4.64. The van der Waals surface area contributed by atoms with Crippen LogP contribution in [0, 0.1) is 0 Å². The number of hydrogen-bond acceptors (Lipinski definition) is 4. The van der Waals surface area contributed by atoms with Gasteiger partial charge in [0.15, 0.2) is 0 Å². The molecule has 0 saturated carbocycles. The van der Waals surface area contributed by atoms with E-state index < -0.39 is 5.66 Å². The quantitative estimate of drug-likeness (QED) is 0.639. The molecule has 4 nitrogen and oxygen atoms in total. The van der Waals surface area contributed by atoms with Gasteiger partial charge in [-0.25, -0.2) is 0 Å². The van der Waals surface area contributed by atoms with Crippen molar-refractivity contribution in [1.82, 2.24) is 0 Å². The first-order chi connectivity index (χ1) is 8.37. The Morgan fingerprint density at radius 1 is 0.941 bits per heavy atom. The molecule has 1 aromatic carbocycles. The highest BCUT2D eigenvalue weighted by Crippen LogP contribution is 2.37. The second-order valence-corrected chi connectivity index (χ2v) is 4.37. The molecule has 0 atom stereocenters. The highest BCUT2D eigenvalue weighted by Gasteiger charge is 2.34. The summed E-state index contributed by atoms with van der Waals surface area (Å²) in [7, 11) is 0. The van der Waals surface area contributed by atoms with E-state index in [9.17, 15) is 0 Å². The summed E-state index contributed by atoms with van der Waals surface area (Å²) in [5.74, 6) is 0. The van der Waals surface area contributed by atoms with Crippen molar-refractivity contribution in [2.24, 2.45) is 20.7 Å². The maximum Gasteiger partial charge on any atom is 0.220 e. The van der Waals surface area contributed by atoms with Crippen LogP contribution in [0.3, 0.4) is 0 Å². The van der Waals surface area contributed by atoms with Crippen molar-refractivity contribution in [1.29, 1.82) is 0 Å². The number of rotatable bonds is 6. The Labute approximate surface area is 102 Å². The first-order valence-corrected chi connectivity index (χ1v) is 6.27. The molecule has 90 valence electrons. The molecular formula is C13H18N4. The molecule has 0 N–H and O–H groups in total. The lowest BCUT2D eigenvalue weighted by Gasteiger charge is -2.19. The Balaban J connectivity index is 2.06. The highest BCUT2D eigenvalue weighted by atomic mass is 15.6. The maximum atomic E-state index is 4.23. The zero-order valence-corrected chi connectivity index (χ0v) is 10.2. The molecule has 17 heavy (non-hydrogen) atoms. The van der Waals surface area contributed by atoms with Gasteiger partial charge in [-0.2, -0.15) is 0 Å². The predicted molar refractivity (Wildman–Crippen MR) is 66.6 cm³/mol. The minimum atomic E-state index is -0.547. The molecule has 1 aromatic rings. The Morgan fingerprint density at radius 2 is 1.65 bits per heavy atom. The van der Waals surface area contributed by atoms with Gasteiger partial charge in [0.25, 0.3) is 0 Å². The van der Waals surface area contributed by atoms with Gasteiger partial charge in [0, 0.05) is 12.0 Å². The van der Waals surface area contributed by atoms with E-state index in [0.717, 1.165) is 18.4 Å². The number of unbranched alkanes of at least 4 members (excludes halogenated alkanes) is 3. The molecule has 1 aliphatic heterocycles. The third-order valence-electron chi connectivity index (χ3n) is 3.08. The topological polar surface area (TPSA) is 49.4 Å². The van der Waals surface area contributed by atoms with Crippen LogP contribution in [0.4, 0.5) is 0 Å². The van der Waals surface area contributed by atoms with Crippen LogP contribution >= 0.6 is 0 Å². The molecule has 0 fully saturated rings. The monoisotopic (exact) mass is 230 g/mol. The molecule has 0 bridgehead atoms. The Bertz CT molecular complexity index is 385. The number of benzene rings is 1.